The summed E-state index contributed by atoms with van der Waals surface area (Å²) in [4.78, 5) is 39.8. The molecule has 2 fully saturated rings. The van der Waals surface area contributed by atoms with E-state index in [4.69, 9.17) is 4.74 Å². The van der Waals surface area contributed by atoms with Crippen LogP contribution in [0.2, 0.25) is 0 Å². The molecule has 2 heterocycles. The number of imide groups is 2. The Morgan fingerprint density at radius 2 is 1.68 bits per heavy atom. The lowest BCUT2D eigenvalue weighted by molar-refractivity contribution is -0.894. The Hall–Kier alpha value is -2.41. The van der Waals surface area contributed by atoms with E-state index in [1.54, 1.807) is 24.3 Å². The van der Waals surface area contributed by atoms with Crippen molar-refractivity contribution in [3.05, 3.63) is 24.3 Å². The summed E-state index contributed by atoms with van der Waals surface area (Å²) in [6, 6.07) is 5.91. The maximum Gasteiger partial charge on any atom is 0.343 e. The van der Waals surface area contributed by atoms with Gasteiger partial charge < -0.3 is 9.64 Å². The van der Waals surface area contributed by atoms with Gasteiger partial charge in [-0.2, -0.15) is 0 Å². The Labute approximate surface area is 128 Å². The Balaban J connectivity index is 1.81. The largest absolute Gasteiger partial charge is 0.497 e. The molecular weight excluding hydrogens is 286 g/mol. The summed E-state index contributed by atoms with van der Waals surface area (Å²) < 4.78 is 5.05. The van der Waals surface area contributed by atoms with Crippen molar-refractivity contribution < 1.29 is 24.0 Å². The Morgan fingerprint density at radius 3 is 2.27 bits per heavy atom. The first-order valence-electron chi connectivity index (χ1n) is 7.29. The summed E-state index contributed by atoms with van der Waals surface area (Å²) in [5, 5.41) is 0. The average molecular weight is 304 g/mol. The van der Waals surface area contributed by atoms with Crippen molar-refractivity contribution in [1.29, 1.82) is 0 Å². The van der Waals surface area contributed by atoms with E-state index < -0.39 is 17.8 Å². The standard InChI is InChI=1S/C15H17N3O4/c1-22-12-6-4-11(5-7-12)18-14(20)13(19)17(15(18)21)10-16-8-2-3-9-16/h4-7H,2-3,8-10H2,1H3/p+1. The van der Waals surface area contributed by atoms with Gasteiger partial charge in [0.1, 0.15) is 5.75 Å². The van der Waals surface area contributed by atoms with Gasteiger partial charge in [0.2, 0.25) is 0 Å². The van der Waals surface area contributed by atoms with Gasteiger partial charge in [-0.1, -0.05) is 0 Å². The minimum absolute atomic E-state index is 0.260. The summed E-state index contributed by atoms with van der Waals surface area (Å²) in [5.41, 5.74) is 0.378. The first-order chi connectivity index (χ1) is 10.6. The van der Waals surface area contributed by atoms with Crippen LogP contribution < -0.4 is 14.5 Å². The van der Waals surface area contributed by atoms with E-state index in [0.29, 0.717) is 11.4 Å². The molecule has 0 aliphatic carbocycles. The third-order valence-corrected chi connectivity index (χ3v) is 4.08. The van der Waals surface area contributed by atoms with Crippen LogP contribution >= 0.6 is 0 Å². The van der Waals surface area contributed by atoms with Crippen molar-refractivity contribution in [2.24, 2.45) is 0 Å². The highest BCUT2D eigenvalue weighted by atomic mass is 16.5. The number of methoxy groups -OCH3 is 1. The van der Waals surface area contributed by atoms with E-state index in [9.17, 15) is 14.4 Å². The average Bonchev–Trinajstić information content (AvgIpc) is 3.11. The minimum Gasteiger partial charge on any atom is -0.497 e. The van der Waals surface area contributed by atoms with Gasteiger partial charge in [-0.25, -0.2) is 14.6 Å². The predicted octanol–water partition coefficient (Wildman–Crippen LogP) is -0.373. The summed E-state index contributed by atoms with van der Waals surface area (Å²) in [6.45, 7) is 2.11. The number of ether oxygens (including phenoxy) is 1. The number of quaternary nitrogens is 1. The smallest absolute Gasteiger partial charge is 0.343 e. The molecule has 1 aromatic rings. The van der Waals surface area contributed by atoms with Crippen LogP contribution in [0.4, 0.5) is 10.5 Å². The second-order valence-electron chi connectivity index (χ2n) is 5.47. The fraction of sp³-hybridized carbons (Fsp3) is 0.400. The first-order valence-corrected chi connectivity index (χ1v) is 7.29. The maximum atomic E-state index is 12.4. The molecule has 0 bridgehead atoms. The lowest BCUT2D eigenvalue weighted by Crippen LogP contribution is -3.11. The monoisotopic (exact) mass is 304 g/mol. The summed E-state index contributed by atoms with van der Waals surface area (Å²) in [6.07, 6.45) is 2.17. The third kappa shape index (κ3) is 2.43. The molecule has 7 heteroatoms. The number of nitrogens with one attached hydrogen (secondary N) is 1. The van der Waals surface area contributed by atoms with Gasteiger partial charge in [0.15, 0.2) is 6.67 Å². The van der Waals surface area contributed by atoms with E-state index in [2.05, 4.69) is 0 Å². The number of rotatable bonds is 4. The highest BCUT2D eigenvalue weighted by molar-refractivity contribution is 6.52. The molecule has 1 N–H and O–H groups in total. The van der Waals surface area contributed by atoms with Crippen LogP contribution in [-0.4, -0.2) is 49.6 Å². The van der Waals surface area contributed by atoms with Crippen LogP contribution in [0, 0.1) is 0 Å². The number of nitrogens with zero attached hydrogens (tertiary/aromatic N) is 2. The fourth-order valence-corrected chi connectivity index (χ4v) is 2.86. The van der Waals surface area contributed by atoms with E-state index in [1.165, 1.54) is 7.11 Å². The molecule has 7 nitrogen and oxygen atoms in total. The SMILES string of the molecule is COc1ccc(N2C(=O)C(=O)N(C[NH+]3CCCC3)C2=O)cc1. The van der Waals surface area contributed by atoms with Crippen LogP contribution in [0.3, 0.4) is 0 Å². The van der Waals surface area contributed by atoms with Crippen molar-refractivity contribution in [2.75, 3.05) is 31.8 Å². The van der Waals surface area contributed by atoms with Gasteiger partial charge in [0, 0.05) is 12.8 Å². The zero-order valence-corrected chi connectivity index (χ0v) is 12.4. The number of benzene rings is 1. The number of hydrogen-bond acceptors (Lipinski definition) is 4. The Morgan fingerprint density at radius 1 is 1.05 bits per heavy atom. The molecule has 2 aliphatic rings. The fourth-order valence-electron chi connectivity index (χ4n) is 2.86. The maximum absolute atomic E-state index is 12.4. The van der Waals surface area contributed by atoms with Crippen molar-refractivity contribution in [2.45, 2.75) is 12.8 Å². The number of carbonyl (C=O) groups excluding carboxylic acids is 3. The number of carbonyl (C=O) groups is 3. The molecule has 1 aromatic carbocycles. The third-order valence-electron chi connectivity index (χ3n) is 4.08. The normalized spacial score (nSPS) is 19.4. The second-order valence-corrected chi connectivity index (χ2v) is 5.47. The van der Waals surface area contributed by atoms with Gasteiger partial charge in [-0.05, 0) is 24.3 Å². The Kier molecular flexibility index (Phi) is 3.81. The van der Waals surface area contributed by atoms with Gasteiger partial charge in [-0.15, -0.1) is 0 Å². The molecule has 0 aromatic heterocycles. The van der Waals surface area contributed by atoms with Crippen LogP contribution in [0.1, 0.15) is 12.8 Å². The van der Waals surface area contributed by atoms with Crippen LogP contribution in [0.25, 0.3) is 0 Å². The zero-order chi connectivity index (χ0) is 15.7. The summed E-state index contributed by atoms with van der Waals surface area (Å²) >= 11 is 0. The van der Waals surface area contributed by atoms with E-state index in [-0.39, 0.29) is 6.67 Å². The number of hydrogen-bond donors (Lipinski definition) is 1. The minimum atomic E-state index is -0.797. The topological polar surface area (TPSA) is 71.4 Å². The number of urea groups is 1. The molecule has 116 valence electrons. The molecule has 0 saturated carbocycles. The second kappa shape index (κ2) is 5.76. The lowest BCUT2D eigenvalue weighted by atomic mass is 10.3. The molecular formula is C15H18N3O4+. The molecule has 0 unspecified atom stereocenters. The molecule has 0 spiro atoms. The number of amides is 4. The van der Waals surface area contributed by atoms with Crippen molar-refractivity contribution in [3.63, 3.8) is 0 Å². The van der Waals surface area contributed by atoms with E-state index >= 15 is 0 Å². The van der Waals surface area contributed by atoms with Gasteiger partial charge in [0.25, 0.3) is 0 Å². The van der Waals surface area contributed by atoms with Crippen molar-refractivity contribution >= 4 is 23.5 Å². The zero-order valence-electron chi connectivity index (χ0n) is 12.4. The molecule has 0 atom stereocenters. The lowest BCUT2D eigenvalue weighted by Gasteiger charge is -2.19. The summed E-state index contributed by atoms with van der Waals surface area (Å²) in [5.74, 6) is -0.929. The van der Waals surface area contributed by atoms with E-state index in [1.807, 2.05) is 0 Å². The molecule has 2 aliphatic heterocycles. The van der Waals surface area contributed by atoms with Crippen molar-refractivity contribution in [1.82, 2.24) is 4.90 Å². The number of anilines is 1. The summed E-state index contributed by atoms with van der Waals surface area (Å²) in [7, 11) is 1.53. The van der Waals surface area contributed by atoms with Crippen molar-refractivity contribution in [3.8, 4) is 5.75 Å². The molecule has 3 rings (SSSR count). The molecule has 22 heavy (non-hydrogen) atoms. The predicted molar refractivity (Wildman–Crippen MR) is 77.5 cm³/mol. The quantitative estimate of drug-likeness (QED) is 0.608. The van der Waals surface area contributed by atoms with E-state index in [0.717, 1.165) is 40.6 Å². The molecule has 0 radical (unpaired) electrons. The van der Waals surface area contributed by atoms with Crippen LogP contribution in [-0.2, 0) is 9.59 Å². The first kappa shape index (κ1) is 14.5. The van der Waals surface area contributed by atoms with Gasteiger partial charge in [-0.3, -0.25) is 9.59 Å². The van der Waals surface area contributed by atoms with Crippen LogP contribution in [0.15, 0.2) is 24.3 Å². The Bertz CT molecular complexity index is 608. The van der Waals surface area contributed by atoms with Crippen LogP contribution in [0.5, 0.6) is 5.75 Å². The van der Waals surface area contributed by atoms with Gasteiger partial charge >= 0.3 is 17.8 Å². The highest BCUT2D eigenvalue weighted by Gasteiger charge is 2.47. The molecule has 4 amide bonds. The number of likely N-dealkylation sites (tertiary alicyclic amines) is 1. The molecule has 2 saturated heterocycles. The van der Waals surface area contributed by atoms with Gasteiger partial charge in [0.05, 0.1) is 25.9 Å². The highest BCUT2D eigenvalue weighted by Crippen LogP contribution is 2.24.